The number of benzene rings is 1. The number of ether oxygens (including phenoxy) is 2. The molecule has 0 spiro atoms. The lowest BCUT2D eigenvalue weighted by Gasteiger charge is -2.40. The molecule has 0 amide bonds. The van der Waals surface area contributed by atoms with Gasteiger partial charge < -0.3 is 19.0 Å². The predicted molar refractivity (Wildman–Crippen MR) is 148 cm³/mol. The van der Waals surface area contributed by atoms with Crippen LogP contribution >= 0.6 is 0 Å². The molecule has 0 saturated heterocycles. The third-order valence-corrected chi connectivity index (χ3v) is 13.2. The van der Waals surface area contributed by atoms with Gasteiger partial charge in [-0.15, -0.1) is 0 Å². The molecule has 1 N–H and O–H groups in total. The minimum Gasteiger partial charge on any atom is -0.482 e. The fraction of sp³-hybridized carbons (Fsp3) is 0.700. The molecule has 5 atom stereocenters. The number of fused-ring (bicyclic) bond motifs is 2. The Morgan fingerprint density at radius 2 is 1.97 bits per heavy atom. The first-order chi connectivity index (χ1) is 17.0. The molecule has 5 nitrogen and oxygen atoms in total. The third-order valence-electron chi connectivity index (χ3n) is 8.70. The standard InChI is InChI=1S/C30H48O5Si/c1-8-9-10-13-23(31)15-16-24-25-17-21-12-11-14-27(34-20-29(32)33-5)26(21)18-22(25)19-28(24)35-36(6,7)30(2,3)4/h11-12,14-16,22-25,28,31H,8-10,13,17-20H2,1-7H3/b16-15+/t22-,23-,24+,25-,28+/m0/s1. The van der Waals surface area contributed by atoms with Crippen molar-refractivity contribution in [1.82, 2.24) is 0 Å². The van der Waals surface area contributed by atoms with Crippen LogP contribution in [0.15, 0.2) is 30.4 Å². The van der Waals surface area contributed by atoms with E-state index < -0.39 is 14.4 Å². The molecular weight excluding hydrogens is 468 g/mol. The topological polar surface area (TPSA) is 65.0 Å². The summed E-state index contributed by atoms with van der Waals surface area (Å²) in [7, 11) is -0.570. The molecule has 1 aromatic carbocycles. The van der Waals surface area contributed by atoms with E-state index in [-0.39, 0.29) is 29.6 Å². The molecule has 0 bridgehead atoms. The Kier molecular flexibility index (Phi) is 9.86. The quantitative estimate of drug-likeness (QED) is 0.158. The Morgan fingerprint density at radius 1 is 1.22 bits per heavy atom. The average Bonchev–Trinajstić information content (AvgIpc) is 3.14. The maximum Gasteiger partial charge on any atom is 0.343 e. The normalized spacial score (nSPS) is 24.9. The van der Waals surface area contributed by atoms with E-state index in [0.717, 1.165) is 50.7 Å². The zero-order valence-electron chi connectivity index (χ0n) is 23.5. The number of esters is 1. The molecule has 6 heteroatoms. The molecule has 1 aromatic rings. The highest BCUT2D eigenvalue weighted by molar-refractivity contribution is 6.74. The van der Waals surface area contributed by atoms with Crippen molar-refractivity contribution in [3.8, 4) is 5.75 Å². The van der Waals surface area contributed by atoms with E-state index in [0.29, 0.717) is 11.8 Å². The maximum absolute atomic E-state index is 11.7. The number of carbonyl (C=O) groups is 1. The van der Waals surface area contributed by atoms with Crippen molar-refractivity contribution >= 4 is 14.3 Å². The number of hydrogen-bond acceptors (Lipinski definition) is 5. The summed E-state index contributed by atoms with van der Waals surface area (Å²) in [5.41, 5.74) is 2.52. The summed E-state index contributed by atoms with van der Waals surface area (Å²) in [4.78, 5) is 11.7. The van der Waals surface area contributed by atoms with E-state index in [1.807, 2.05) is 18.2 Å². The molecule has 0 aromatic heterocycles. The molecule has 2 aliphatic rings. The number of aliphatic hydroxyl groups is 1. The van der Waals surface area contributed by atoms with Crippen LogP contribution in [0.5, 0.6) is 5.75 Å². The monoisotopic (exact) mass is 516 g/mol. The number of rotatable bonds is 11. The van der Waals surface area contributed by atoms with Crippen LogP contribution < -0.4 is 4.74 Å². The van der Waals surface area contributed by atoms with Crippen LogP contribution in [0, 0.1) is 17.8 Å². The fourth-order valence-corrected chi connectivity index (χ4v) is 6.91. The van der Waals surface area contributed by atoms with Gasteiger partial charge in [0, 0.05) is 5.92 Å². The smallest absolute Gasteiger partial charge is 0.343 e. The Hall–Kier alpha value is -1.63. The van der Waals surface area contributed by atoms with Crippen molar-refractivity contribution in [1.29, 1.82) is 0 Å². The molecule has 36 heavy (non-hydrogen) atoms. The van der Waals surface area contributed by atoms with Gasteiger partial charge >= 0.3 is 5.97 Å². The summed E-state index contributed by atoms with van der Waals surface area (Å²) in [6.07, 6.45) is 11.2. The zero-order valence-corrected chi connectivity index (χ0v) is 24.5. The second kappa shape index (κ2) is 12.3. The molecule has 1 saturated carbocycles. The highest BCUT2D eigenvalue weighted by Crippen LogP contribution is 2.50. The number of aliphatic hydroxyl groups excluding tert-OH is 1. The molecule has 0 unspecified atom stereocenters. The molecule has 3 rings (SSSR count). The summed E-state index contributed by atoms with van der Waals surface area (Å²) >= 11 is 0. The summed E-state index contributed by atoms with van der Waals surface area (Å²) in [5, 5.41) is 10.8. The Morgan fingerprint density at radius 3 is 2.64 bits per heavy atom. The van der Waals surface area contributed by atoms with E-state index in [1.165, 1.54) is 18.2 Å². The van der Waals surface area contributed by atoms with Crippen LogP contribution in [0.4, 0.5) is 0 Å². The fourth-order valence-electron chi connectivity index (χ4n) is 5.54. The Balaban J connectivity index is 1.83. The number of hydrogen-bond donors (Lipinski definition) is 1. The maximum atomic E-state index is 11.7. The van der Waals surface area contributed by atoms with Gasteiger partial charge in [0.1, 0.15) is 5.75 Å². The Labute approximate surface area is 219 Å². The second-order valence-corrected chi connectivity index (χ2v) is 17.0. The van der Waals surface area contributed by atoms with E-state index in [9.17, 15) is 9.90 Å². The van der Waals surface area contributed by atoms with E-state index in [1.54, 1.807) is 0 Å². The van der Waals surface area contributed by atoms with E-state index >= 15 is 0 Å². The summed E-state index contributed by atoms with van der Waals surface area (Å²) < 4.78 is 17.7. The summed E-state index contributed by atoms with van der Waals surface area (Å²) in [5.74, 6) is 1.68. The average molecular weight is 517 g/mol. The molecular formula is C30H48O5Si. The van der Waals surface area contributed by atoms with Crippen LogP contribution in [0.25, 0.3) is 0 Å². The molecule has 2 aliphatic carbocycles. The van der Waals surface area contributed by atoms with Gasteiger partial charge in [-0.2, -0.15) is 0 Å². The van der Waals surface area contributed by atoms with Gasteiger partial charge in [-0.25, -0.2) is 4.79 Å². The highest BCUT2D eigenvalue weighted by atomic mass is 28.4. The van der Waals surface area contributed by atoms with Crippen LogP contribution in [0.1, 0.15) is 70.9 Å². The number of unbranched alkanes of at least 4 members (excludes halogenated alkanes) is 2. The van der Waals surface area contributed by atoms with Gasteiger partial charge in [-0.05, 0) is 72.8 Å². The van der Waals surface area contributed by atoms with E-state index in [4.69, 9.17) is 13.9 Å². The molecule has 0 radical (unpaired) electrons. The highest BCUT2D eigenvalue weighted by Gasteiger charge is 2.49. The van der Waals surface area contributed by atoms with Crippen molar-refractivity contribution in [2.45, 2.75) is 103 Å². The molecule has 0 heterocycles. The van der Waals surface area contributed by atoms with Crippen molar-refractivity contribution < 1.29 is 23.8 Å². The first kappa shape index (κ1) is 28.9. The molecule has 1 fully saturated rings. The first-order valence-electron chi connectivity index (χ1n) is 13.8. The van der Waals surface area contributed by atoms with Gasteiger partial charge in [0.05, 0.1) is 19.3 Å². The minimum absolute atomic E-state index is 0.0700. The van der Waals surface area contributed by atoms with Gasteiger partial charge in [0.25, 0.3) is 0 Å². The third kappa shape index (κ3) is 7.02. The van der Waals surface area contributed by atoms with Crippen LogP contribution in [0.3, 0.4) is 0 Å². The number of carbonyl (C=O) groups excluding carboxylic acids is 1. The lowest BCUT2D eigenvalue weighted by molar-refractivity contribution is -0.142. The van der Waals surface area contributed by atoms with Crippen molar-refractivity contribution in [2.75, 3.05) is 13.7 Å². The van der Waals surface area contributed by atoms with Crippen LogP contribution in [-0.4, -0.2) is 45.3 Å². The SMILES string of the molecule is CCCCC[C@H](O)/C=C/[C@@H]1[C@H]2Cc3cccc(OCC(=O)OC)c3C[C@H]2C[C@H]1O[Si](C)(C)C(C)(C)C. The van der Waals surface area contributed by atoms with Crippen LogP contribution in [0.2, 0.25) is 18.1 Å². The van der Waals surface area contributed by atoms with Gasteiger partial charge in [-0.3, -0.25) is 0 Å². The van der Waals surface area contributed by atoms with Gasteiger partial charge in [0.15, 0.2) is 14.9 Å². The Bertz CT molecular complexity index is 903. The lowest BCUT2D eigenvalue weighted by Crippen LogP contribution is -2.45. The summed E-state index contributed by atoms with van der Waals surface area (Å²) in [6, 6.07) is 6.18. The minimum atomic E-state index is -1.95. The molecule has 0 aliphatic heterocycles. The van der Waals surface area contributed by atoms with Crippen molar-refractivity contribution in [3.05, 3.63) is 41.5 Å². The molecule has 202 valence electrons. The lowest BCUT2D eigenvalue weighted by atomic mass is 9.74. The largest absolute Gasteiger partial charge is 0.482 e. The number of methoxy groups -OCH3 is 1. The first-order valence-corrected chi connectivity index (χ1v) is 16.7. The van der Waals surface area contributed by atoms with E-state index in [2.05, 4.69) is 52.9 Å². The predicted octanol–water partition coefficient (Wildman–Crippen LogP) is 6.48. The summed E-state index contributed by atoms with van der Waals surface area (Å²) in [6.45, 7) is 13.7. The van der Waals surface area contributed by atoms with Gasteiger partial charge in [-0.1, -0.05) is 71.2 Å². The second-order valence-electron chi connectivity index (χ2n) is 12.3. The van der Waals surface area contributed by atoms with Crippen molar-refractivity contribution in [2.24, 2.45) is 17.8 Å². The van der Waals surface area contributed by atoms with Gasteiger partial charge in [0.2, 0.25) is 0 Å². The van der Waals surface area contributed by atoms with Crippen molar-refractivity contribution in [3.63, 3.8) is 0 Å². The van der Waals surface area contributed by atoms with Crippen LogP contribution in [-0.2, 0) is 26.8 Å². The zero-order chi connectivity index (χ0) is 26.5.